The minimum absolute atomic E-state index is 0.0929. The van der Waals surface area contributed by atoms with Gasteiger partial charge in [0.15, 0.2) is 0 Å². The van der Waals surface area contributed by atoms with Gasteiger partial charge in [-0.3, -0.25) is 4.79 Å². The van der Waals surface area contributed by atoms with Crippen molar-refractivity contribution in [3.63, 3.8) is 0 Å². The molecule has 4 rings (SSSR count). The van der Waals surface area contributed by atoms with Crippen molar-refractivity contribution >= 4 is 27.9 Å². The number of nitrogens with one attached hydrogen (secondary N) is 2. The molecule has 0 amide bonds. The molecule has 0 aliphatic rings. The number of rotatable bonds is 3. The van der Waals surface area contributed by atoms with Crippen molar-refractivity contribution in [2.45, 2.75) is 6.42 Å². The monoisotopic (exact) mass is 320 g/mol. The molecule has 2 aromatic heterocycles. The number of aromatic amines is 2. The van der Waals surface area contributed by atoms with Crippen molar-refractivity contribution < 1.29 is 9.90 Å². The summed E-state index contributed by atoms with van der Waals surface area (Å²) in [6.45, 7) is 0. The number of hydrogen-bond acceptors (Lipinski definition) is 4. The van der Waals surface area contributed by atoms with Gasteiger partial charge in [-0.05, 0) is 30.3 Å². The number of H-pyrrole nitrogens is 2. The molecule has 0 saturated heterocycles. The molecule has 0 bridgehead atoms. The molecular formula is C17H12N4O3. The van der Waals surface area contributed by atoms with Crippen molar-refractivity contribution in [1.29, 1.82) is 0 Å². The highest BCUT2D eigenvalue weighted by Gasteiger charge is 2.10. The fourth-order valence-corrected chi connectivity index (χ4v) is 2.65. The molecule has 24 heavy (non-hydrogen) atoms. The summed E-state index contributed by atoms with van der Waals surface area (Å²) >= 11 is 0. The Kier molecular flexibility index (Phi) is 3.13. The number of para-hydroxylation sites is 2. The zero-order valence-corrected chi connectivity index (χ0v) is 12.4. The Morgan fingerprint density at radius 2 is 1.75 bits per heavy atom. The van der Waals surface area contributed by atoms with Crippen LogP contribution in [0.5, 0.6) is 0 Å². The van der Waals surface area contributed by atoms with E-state index in [1.165, 1.54) is 18.2 Å². The molecule has 0 aliphatic heterocycles. The van der Waals surface area contributed by atoms with E-state index in [0.717, 1.165) is 11.0 Å². The van der Waals surface area contributed by atoms with Gasteiger partial charge in [0.2, 0.25) is 0 Å². The van der Waals surface area contributed by atoms with Crippen molar-refractivity contribution in [1.82, 2.24) is 19.9 Å². The standard InChI is InChI=1S/C17H12N4O3/c22-16-10-6-5-9(17(23)24)7-13(10)20-15(21-16)8-14-18-11-3-1-2-4-12(11)19-14/h1-7H,8H2,(H,18,19)(H,23,24)(H,20,21,22). The average molecular weight is 320 g/mol. The van der Waals surface area contributed by atoms with Gasteiger partial charge in [-0.1, -0.05) is 12.1 Å². The number of carboxylic acid groups (broad SMARTS) is 1. The van der Waals surface area contributed by atoms with Crippen LogP contribution >= 0.6 is 0 Å². The van der Waals surface area contributed by atoms with Gasteiger partial charge in [0, 0.05) is 0 Å². The lowest BCUT2D eigenvalue weighted by Gasteiger charge is -2.02. The van der Waals surface area contributed by atoms with Gasteiger partial charge in [0.25, 0.3) is 5.56 Å². The average Bonchev–Trinajstić information content (AvgIpc) is 2.96. The van der Waals surface area contributed by atoms with Gasteiger partial charge in [0.05, 0.1) is 33.9 Å². The zero-order chi connectivity index (χ0) is 16.7. The maximum absolute atomic E-state index is 12.2. The van der Waals surface area contributed by atoms with Crippen LogP contribution < -0.4 is 5.56 Å². The number of aromatic carboxylic acids is 1. The highest BCUT2D eigenvalue weighted by atomic mass is 16.4. The number of carboxylic acids is 1. The Hall–Kier alpha value is -3.48. The van der Waals surface area contributed by atoms with Crippen molar-refractivity contribution in [2.24, 2.45) is 0 Å². The van der Waals surface area contributed by atoms with Crippen molar-refractivity contribution in [3.8, 4) is 0 Å². The first-order valence-corrected chi connectivity index (χ1v) is 7.30. The number of nitrogens with zero attached hydrogens (tertiary/aromatic N) is 2. The summed E-state index contributed by atoms with van der Waals surface area (Å²) in [4.78, 5) is 38.0. The van der Waals surface area contributed by atoms with Crippen LogP contribution in [0, 0.1) is 0 Å². The predicted octanol–water partition coefficient (Wildman–Crippen LogP) is 2.09. The minimum atomic E-state index is -1.06. The van der Waals surface area contributed by atoms with Crippen molar-refractivity contribution in [2.75, 3.05) is 0 Å². The van der Waals surface area contributed by atoms with E-state index < -0.39 is 5.97 Å². The first kappa shape index (κ1) is 14.1. The Balaban J connectivity index is 1.78. The number of imidazole rings is 1. The number of benzene rings is 2. The number of aromatic nitrogens is 4. The van der Waals surface area contributed by atoms with Gasteiger partial charge in [-0.15, -0.1) is 0 Å². The summed E-state index contributed by atoms with van der Waals surface area (Å²) in [6, 6.07) is 11.9. The second-order valence-electron chi connectivity index (χ2n) is 5.43. The molecule has 0 spiro atoms. The fourth-order valence-electron chi connectivity index (χ4n) is 2.65. The quantitative estimate of drug-likeness (QED) is 0.535. The summed E-state index contributed by atoms with van der Waals surface area (Å²) in [6.07, 6.45) is 0.317. The zero-order valence-electron chi connectivity index (χ0n) is 12.4. The smallest absolute Gasteiger partial charge is 0.335 e. The summed E-state index contributed by atoms with van der Waals surface area (Å²) < 4.78 is 0. The molecule has 0 radical (unpaired) electrons. The molecule has 0 saturated carbocycles. The van der Waals surface area contributed by atoms with Crippen LogP contribution in [0.2, 0.25) is 0 Å². The molecule has 4 aromatic rings. The second kappa shape index (κ2) is 5.31. The van der Waals surface area contributed by atoms with E-state index in [1.807, 2.05) is 24.3 Å². The van der Waals surface area contributed by atoms with E-state index >= 15 is 0 Å². The number of carbonyl (C=O) groups is 1. The third kappa shape index (κ3) is 2.41. The molecule has 2 aromatic carbocycles. The van der Waals surface area contributed by atoms with E-state index in [2.05, 4.69) is 19.9 Å². The van der Waals surface area contributed by atoms with Crippen molar-refractivity contribution in [3.05, 3.63) is 70.0 Å². The highest BCUT2D eigenvalue weighted by molar-refractivity contribution is 5.92. The molecule has 7 nitrogen and oxygen atoms in total. The van der Waals surface area contributed by atoms with Gasteiger partial charge in [-0.25, -0.2) is 14.8 Å². The maximum atomic E-state index is 12.2. The SMILES string of the molecule is O=C(O)c1ccc2c(=O)[nH]c(Cc3nc4ccccc4[nH]3)nc2c1. The summed E-state index contributed by atoms with van der Waals surface area (Å²) in [5.74, 6) is 0.0417. The third-order valence-corrected chi connectivity index (χ3v) is 3.78. The second-order valence-corrected chi connectivity index (χ2v) is 5.43. The largest absolute Gasteiger partial charge is 0.478 e. The Morgan fingerprint density at radius 1 is 1.00 bits per heavy atom. The van der Waals surface area contributed by atoms with Crippen LogP contribution in [-0.4, -0.2) is 31.0 Å². The van der Waals surface area contributed by atoms with Crippen LogP contribution in [-0.2, 0) is 6.42 Å². The molecule has 118 valence electrons. The predicted molar refractivity (Wildman–Crippen MR) is 88.2 cm³/mol. The maximum Gasteiger partial charge on any atom is 0.335 e. The van der Waals surface area contributed by atoms with Crippen LogP contribution in [0.4, 0.5) is 0 Å². The highest BCUT2D eigenvalue weighted by Crippen LogP contribution is 2.14. The topological polar surface area (TPSA) is 112 Å². The lowest BCUT2D eigenvalue weighted by atomic mass is 10.1. The van der Waals surface area contributed by atoms with E-state index in [4.69, 9.17) is 5.11 Å². The van der Waals surface area contributed by atoms with Gasteiger partial charge in [-0.2, -0.15) is 0 Å². The van der Waals surface area contributed by atoms with Crippen LogP contribution in [0.3, 0.4) is 0 Å². The molecule has 0 fully saturated rings. The first-order chi connectivity index (χ1) is 11.6. The van der Waals surface area contributed by atoms with Gasteiger partial charge < -0.3 is 15.1 Å². The summed E-state index contributed by atoms with van der Waals surface area (Å²) in [7, 11) is 0. The third-order valence-electron chi connectivity index (χ3n) is 3.78. The van der Waals surface area contributed by atoms with Gasteiger partial charge >= 0.3 is 5.97 Å². The van der Waals surface area contributed by atoms with E-state index in [0.29, 0.717) is 29.0 Å². The molecule has 3 N–H and O–H groups in total. The molecule has 0 atom stereocenters. The first-order valence-electron chi connectivity index (χ1n) is 7.30. The van der Waals surface area contributed by atoms with Crippen LogP contribution in [0.25, 0.3) is 21.9 Å². The lowest BCUT2D eigenvalue weighted by molar-refractivity contribution is 0.0697. The molecule has 2 heterocycles. The summed E-state index contributed by atoms with van der Waals surface area (Å²) in [5, 5.41) is 9.42. The Labute approximate surface area is 135 Å². The van der Waals surface area contributed by atoms with E-state index in [-0.39, 0.29) is 11.1 Å². The number of hydrogen-bond donors (Lipinski definition) is 3. The van der Waals surface area contributed by atoms with Crippen LogP contribution in [0.1, 0.15) is 22.0 Å². The number of fused-ring (bicyclic) bond motifs is 2. The van der Waals surface area contributed by atoms with Crippen LogP contribution in [0.15, 0.2) is 47.3 Å². The van der Waals surface area contributed by atoms with Gasteiger partial charge in [0.1, 0.15) is 11.6 Å². The Morgan fingerprint density at radius 3 is 2.54 bits per heavy atom. The lowest BCUT2D eigenvalue weighted by Crippen LogP contribution is -2.13. The Bertz CT molecular complexity index is 1110. The summed E-state index contributed by atoms with van der Waals surface area (Å²) in [5.41, 5.74) is 1.88. The van der Waals surface area contributed by atoms with E-state index in [9.17, 15) is 9.59 Å². The minimum Gasteiger partial charge on any atom is -0.478 e. The normalized spacial score (nSPS) is 11.2. The van der Waals surface area contributed by atoms with E-state index in [1.54, 1.807) is 0 Å². The molecule has 7 heteroatoms. The molecular weight excluding hydrogens is 308 g/mol. The molecule has 0 unspecified atom stereocenters. The molecule has 0 aliphatic carbocycles. The fraction of sp³-hybridized carbons (Fsp3) is 0.0588.